The highest BCUT2D eigenvalue weighted by Gasteiger charge is 2.70. The van der Waals surface area contributed by atoms with Gasteiger partial charge in [0.15, 0.2) is 0 Å². The van der Waals surface area contributed by atoms with Crippen LogP contribution < -0.4 is 10.3 Å². The van der Waals surface area contributed by atoms with Crippen molar-refractivity contribution >= 4 is 35.0 Å². The molecule has 0 aromatic heterocycles. The van der Waals surface area contributed by atoms with Crippen LogP contribution in [0.2, 0.25) is 0 Å². The van der Waals surface area contributed by atoms with Gasteiger partial charge in [-0.2, -0.15) is 5.01 Å². The van der Waals surface area contributed by atoms with Gasteiger partial charge in [0, 0.05) is 11.5 Å². The van der Waals surface area contributed by atoms with Crippen molar-refractivity contribution in [3.8, 4) is 5.75 Å². The van der Waals surface area contributed by atoms with E-state index in [-0.39, 0.29) is 24.0 Å². The number of allylic oxidation sites excluding steroid dienone is 2. The number of aryl methyl sites for hydroxylation is 1. The zero-order chi connectivity index (χ0) is 32.4. The fraction of sp³-hybridized carbons (Fsp3) is 0.231. The number of carbonyl (C=O) groups excluding carboxylic acids is 4. The third-order valence-corrected chi connectivity index (χ3v) is 10.7. The van der Waals surface area contributed by atoms with E-state index < -0.39 is 46.8 Å². The molecule has 2 heterocycles. The van der Waals surface area contributed by atoms with Gasteiger partial charge >= 0.3 is 0 Å². The number of aromatic hydroxyl groups is 1. The number of hydrazine groups is 1. The number of benzene rings is 4. The minimum atomic E-state index is -1.42. The number of phenolic OH excluding ortho intramolecular Hbond substituents is 1. The van der Waals surface area contributed by atoms with Crippen molar-refractivity contribution in [2.75, 3.05) is 10.3 Å². The predicted octanol–water partition coefficient (Wildman–Crippen LogP) is 5.89. The van der Waals surface area contributed by atoms with Crippen LogP contribution in [0.4, 0.5) is 11.4 Å². The Morgan fingerprint density at radius 3 is 2.11 bits per heavy atom. The summed E-state index contributed by atoms with van der Waals surface area (Å²) in [6, 6.07) is 32.6. The maximum Gasteiger partial charge on any atom is 0.260 e. The summed E-state index contributed by atoms with van der Waals surface area (Å²) < 4.78 is 0. The number of para-hydroxylation sites is 2. The maximum atomic E-state index is 15.1. The Hall–Kier alpha value is -5.50. The van der Waals surface area contributed by atoms with Gasteiger partial charge in [-0.15, -0.1) is 0 Å². The predicted molar refractivity (Wildman–Crippen MR) is 176 cm³/mol. The van der Waals surface area contributed by atoms with Crippen LogP contribution in [0.15, 0.2) is 121 Å². The Morgan fingerprint density at radius 2 is 1.40 bits per heavy atom. The summed E-state index contributed by atoms with van der Waals surface area (Å²) in [6.45, 7) is 1.96. The number of amides is 4. The molecule has 2 N–H and O–H groups in total. The molecule has 0 bridgehead atoms. The number of rotatable bonds is 5. The van der Waals surface area contributed by atoms with Crippen molar-refractivity contribution in [3.63, 3.8) is 0 Å². The molecule has 6 atom stereocenters. The molecule has 0 radical (unpaired) electrons. The largest absolute Gasteiger partial charge is 0.508 e. The number of carbonyl (C=O) groups is 4. The zero-order valence-electron chi connectivity index (χ0n) is 25.7. The van der Waals surface area contributed by atoms with Crippen LogP contribution in [0.1, 0.15) is 35.4 Å². The number of phenols is 1. The SMILES string of the molecule is Cc1ccc(NN2C(=O)[C@@H]3C[C@@H]4C(=CC[C@@H]5C(=O)N(c6ccccc6)C(=O)[C@@H]54)[C@H](c4ccccc4O)[C@]3(c3ccccc3)C2=O)cc1. The van der Waals surface area contributed by atoms with Gasteiger partial charge < -0.3 is 5.11 Å². The molecular weight excluding hydrogens is 590 g/mol. The summed E-state index contributed by atoms with van der Waals surface area (Å²) >= 11 is 0. The van der Waals surface area contributed by atoms with Gasteiger partial charge in [0.1, 0.15) is 5.75 Å². The number of nitrogens with zero attached hydrogens (tertiary/aromatic N) is 2. The zero-order valence-corrected chi connectivity index (χ0v) is 25.7. The van der Waals surface area contributed by atoms with Gasteiger partial charge in [-0.05, 0) is 61.6 Å². The topological polar surface area (TPSA) is 107 Å². The highest BCUT2D eigenvalue weighted by Crippen LogP contribution is 2.64. The summed E-state index contributed by atoms with van der Waals surface area (Å²) in [5, 5.41) is 12.5. The molecule has 4 amide bonds. The van der Waals surface area contributed by atoms with Gasteiger partial charge in [0.25, 0.3) is 11.8 Å². The minimum absolute atomic E-state index is 0.000147. The lowest BCUT2D eigenvalue weighted by Crippen LogP contribution is -2.53. The molecule has 0 spiro atoms. The van der Waals surface area contributed by atoms with Crippen LogP contribution in [-0.4, -0.2) is 33.7 Å². The lowest BCUT2D eigenvalue weighted by atomic mass is 9.49. The van der Waals surface area contributed by atoms with Crippen LogP contribution in [0, 0.1) is 30.6 Å². The van der Waals surface area contributed by atoms with E-state index in [1.807, 2.05) is 79.7 Å². The van der Waals surface area contributed by atoms with E-state index in [4.69, 9.17) is 0 Å². The maximum absolute atomic E-state index is 15.1. The normalized spacial score (nSPS) is 28.1. The summed E-state index contributed by atoms with van der Waals surface area (Å²) in [7, 11) is 0. The van der Waals surface area contributed by atoms with Gasteiger partial charge in [-0.3, -0.25) is 29.5 Å². The molecule has 8 rings (SSSR count). The van der Waals surface area contributed by atoms with Crippen molar-refractivity contribution in [1.29, 1.82) is 0 Å². The monoisotopic (exact) mass is 623 g/mol. The van der Waals surface area contributed by atoms with Crippen LogP contribution in [0.5, 0.6) is 5.75 Å². The molecule has 2 aliphatic carbocycles. The van der Waals surface area contributed by atoms with E-state index in [0.717, 1.165) is 16.1 Å². The number of fused-ring (bicyclic) bond motifs is 4. The van der Waals surface area contributed by atoms with Gasteiger partial charge in [-0.1, -0.05) is 96.1 Å². The van der Waals surface area contributed by atoms with Gasteiger partial charge in [0.05, 0.1) is 34.5 Å². The average molecular weight is 624 g/mol. The fourth-order valence-corrected chi connectivity index (χ4v) is 8.65. The van der Waals surface area contributed by atoms with Gasteiger partial charge in [-0.25, -0.2) is 0 Å². The second-order valence-corrected chi connectivity index (χ2v) is 13.0. The summed E-state index contributed by atoms with van der Waals surface area (Å²) in [5.74, 6) is -4.81. The molecular formula is C39H33N3O5. The average Bonchev–Trinajstić information content (AvgIpc) is 3.48. The summed E-state index contributed by atoms with van der Waals surface area (Å²) in [4.78, 5) is 59.2. The van der Waals surface area contributed by atoms with Crippen LogP contribution in [0.3, 0.4) is 0 Å². The lowest BCUT2D eigenvalue weighted by Gasteiger charge is -2.50. The van der Waals surface area contributed by atoms with Gasteiger partial charge in [0.2, 0.25) is 11.8 Å². The first-order valence-electron chi connectivity index (χ1n) is 16.0. The fourth-order valence-electron chi connectivity index (χ4n) is 8.65. The number of imide groups is 2. The Balaban J connectivity index is 1.32. The molecule has 8 heteroatoms. The first-order valence-corrected chi connectivity index (χ1v) is 16.0. The molecule has 2 saturated heterocycles. The standard InChI is InChI=1S/C39H33N3O5/c1-23-16-18-25(19-17-23)40-42-36(45)31-22-30-27(20-21-29-33(30)37(46)41(35(29)44)26-12-6-3-7-13-26)34(28-14-8-9-15-32(28)43)39(31,38(42)47)24-10-4-2-5-11-24/h2-20,29-31,33-34,40,43H,21-22H2,1H3/t29-,30+,31-,33-,34+,39+/m0/s1. The Labute approximate surface area is 272 Å². The molecule has 234 valence electrons. The van der Waals surface area contributed by atoms with Crippen LogP contribution in [-0.2, 0) is 24.6 Å². The minimum Gasteiger partial charge on any atom is -0.508 e. The number of hydrogen-bond acceptors (Lipinski definition) is 6. The van der Waals surface area contributed by atoms with Crippen molar-refractivity contribution in [1.82, 2.24) is 5.01 Å². The smallest absolute Gasteiger partial charge is 0.260 e. The molecule has 2 aliphatic heterocycles. The molecule has 1 saturated carbocycles. The van der Waals surface area contributed by atoms with E-state index in [9.17, 15) is 19.5 Å². The Morgan fingerprint density at radius 1 is 0.745 bits per heavy atom. The van der Waals surface area contributed by atoms with E-state index >= 15 is 4.79 Å². The number of hydrogen-bond donors (Lipinski definition) is 2. The first-order chi connectivity index (χ1) is 22.8. The molecule has 8 nitrogen and oxygen atoms in total. The third-order valence-electron chi connectivity index (χ3n) is 10.7. The Kier molecular flexibility index (Phi) is 6.65. The summed E-state index contributed by atoms with van der Waals surface area (Å²) in [5.41, 5.74) is 5.79. The molecule has 4 aliphatic rings. The highest BCUT2D eigenvalue weighted by atomic mass is 16.3. The van der Waals surface area contributed by atoms with Crippen molar-refractivity contribution in [3.05, 3.63) is 138 Å². The second-order valence-electron chi connectivity index (χ2n) is 13.0. The molecule has 3 fully saturated rings. The van der Waals surface area contributed by atoms with Crippen molar-refractivity contribution in [2.45, 2.75) is 31.1 Å². The first kappa shape index (κ1) is 28.9. The molecule has 0 unspecified atom stereocenters. The van der Waals surface area contributed by atoms with E-state index in [0.29, 0.717) is 28.9 Å². The van der Waals surface area contributed by atoms with Crippen molar-refractivity contribution < 1.29 is 24.3 Å². The van der Waals surface area contributed by atoms with E-state index in [1.54, 1.807) is 42.5 Å². The molecule has 4 aromatic rings. The third kappa shape index (κ3) is 4.13. The highest BCUT2D eigenvalue weighted by molar-refractivity contribution is 6.22. The molecule has 4 aromatic carbocycles. The number of nitrogens with one attached hydrogen (secondary N) is 1. The van der Waals surface area contributed by atoms with Crippen molar-refractivity contribution in [2.24, 2.45) is 23.7 Å². The lowest BCUT2D eigenvalue weighted by molar-refractivity contribution is -0.138. The number of anilines is 2. The van der Waals surface area contributed by atoms with E-state index in [1.165, 1.54) is 4.90 Å². The Bertz CT molecular complexity index is 1960. The molecule has 47 heavy (non-hydrogen) atoms. The second kappa shape index (κ2) is 10.8. The van der Waals surface area contributed by atoms with Crippen LogP contribution in [0.25, 0.3) is 0 Å². The summed E-state index contributed by atoms with van der Waals surface area (Å²) in [6.07, 6.45) is 2.51. The van der Waals surface area contributed by atoms with E-state index in [2.05, 4.69) is 5.43 Å². The quantitative estimate of drug-likeness (QED) is 0.212. The van der Waals surface area contributed by atoms with Crippen LogP contribution >= 0.6 is 0 Å².